The number of hydrogen-bond acceptors (Lipinski definition) is 4. The third-order valence-electron chi connectivity index (χ3n) is 2.64. The van der Waals surface area contributed by atoms with Crippen molar-refractivity contribution in [2.24, 2.45) is 0 Å². The molecule has 0 atom stereocenters. The number of rotatable bonds is 2. The van der Waals surface area contributed by atoms with Gasteiger partial charge in [0.15, 0.2) is 0 Å². The van der Waals surface area contributed by atoms with Crippen LogP contribution in [-0.4, -0.2) is 23.3 Å². The summed E-state index contributed by atoms with van der Waals surface area (Å²) in [6.07, 6.45) is -0.553. The van der Waals surface area contributed by atoms with Crippen molar-refractivity contribution in [2.75, 3.05) is 5.32 Å². The van der Waals surface area contributed by atoms with Gasteiger partial charge in [0.1, 0.15) is 11.2 Å². The number of carbonyl (C=O) groups is 2. The highest BCUT2D eigenvalue weighted by atomic mass is 79.9. The Bertz CT molecular complexity index is 612. The molecule has 1 amide bonds. The first kappa shape index (κ1) is 19.5. The summed E-state index contributed by atoms with van der Waals surface area (Å²) in [4.78, 5) is 24.1. The highest BCUT2D eigenvalue weighted by molar-refractivity contribution is 9.10. The van der Waals surface area contributed by atoms with Gasteiger partial charge in [-0.3, -0.25) is 5.32 Å². The molecule has 0 aromatic heterocycles. The number of carbonyl (C=O) groups excluding carboxylic acids is 2. The van der Waals surface area contributed by atoms with Gasteiger partial charge in [-0.25, -0.2) is 9.59 Å². The van der Waals surface area contributed by atoms with Crippen molar-refractivity contribution < 1.29 is 19.1 Å². The number of anilines is 1. The van der Waals surface area contributed by atoms with Gasteiger partial charge >= 0.3 is 12.1 Å². The van der Waals surface area contributed by atoms with Crippen LogP contribution in [0.15, 0.2) is 16.6 Å². The minimum Gasteiger partial charge on any atom is -0.456 e. The van der Waals surface area contributed by atoms with E-state index in [0.29, 0.717) is 21.3 Å². The molecule has 0 spiro atoms. The summed E-state index contributed by atoms with van der Waals surface area (Å²) in [5.41, 5.74) is 0.518. The third-order valence-corrected chi connectivity index (χ3v) is 3.66. The molecular weight excluding hydrogens is 362 g/mol. The molecule has 1 N–H and O–H groups in total. The molecule has 1 aromatic carbocycles. The minimum atomic E-state index is -0.581. The normalized spacial score (nSPS) is 11.8. The molecule has 0 saturated carbocycles. The second-order valence-electron chi connectivity index (χ2n) is 7.23. The monoisotopic (exact) mass is 385 g/mol. The lowest BCUT2D eigenvalue weighted by molar-refractivity contribution is 0.00685. The summed E-state index contributed by atoms with van der Waals surface area (Å²) in [6.45, 7) is 12.6. The van der Waals surface area contributed by atoms with Gasteiger partial charge in [0.2, 0.25) is 0 Å². The van der Waals surface area contributed by atoms with Crippen molar-refractivity contribution in [1.82, 2.24) is 0 Å². The summed E-state index contributed by atoms with van der Waals surface area (Å²) in [5.74, 6) is -0.403. The van der Waals surface area contributed by atoms with E-state index in [4.69, 9.17) is 9.47 Å². The summed E-state index contributed by atoms with van der Waals surface area (Å²) < 4.78 is 11.2. The highest BCUT2D eigenvalue weighted by Gasteiger charge is 2.22. The molecule has 0 fully saturated rings. The Kier molecular flexibility index (Phi) is 5.85. The van der Waals surface area contributed by atoms with Gasteiger partial charge in [-0.2, -0.15) is 0 Å². The van der Waals surface area contributed by atoms with Crippen LogP contribution >= 0.6 is 15.9 Å². The summed E-state index contributed by atoms with van der Waals surface area (Å²) in [6, 6.07) is 3.27. The van der Waals surface area contributed by atoms with E-state index in [1.807, 2.05) is 20.8 Å². The number of benzene rings is 1. The number of ether oxygens (including phenoxy) is 2. The van der Waals surface area contributed by atoms with E-state index in [1.54, 1.807) is 39.8 Å². The molecule has 0 saturated heterocycles. The largest absolute Gasteiger partial charge is 0.456 e. The molecule has 0 heterocycles. The molecular formula is C17H24BrNO4. The van der Waals surface area contributed by atoms with Crippen LogP contribution in [0.4, 0.5) is 10.5 Å². The Balaban J connectivity index is 2.98. The second-order valence-corrected chi connectivity index (χ2v) is 8.02. The first-order valence-electron chi connectivity index (χ1n) is 7.32. The molecule has 0 bridgehead atoms. The highest BCUT2D eigenvalue weighted by Crippen LogP contribution is 2.30. The molecule has 6 heteroatoms. The number of esters is 1. The Morgan fingerprint density at radius 1 is 1.00 bits per heavy atom. The topological polar surface area (TPSA) is 64.6 Å². The van der Waals surface area contributed by atoms with Crippen LogP contribution in [0.25, 0.3) is 0 Å². The molecule has 0 aliphatic rings. The Hall–Kier alpha value is -1.56. The van der Waals surface area contributed by atoms with Crippen molar-refractivity contribution in [3.8, 4) is 0 Å². The minimum absolute atomic E-state index is 0.403. The average Bonchev–Trinajstić information content (AvgIpc) is 2.30. The van der Waals surface area contributed by atoms with Crippen LogP contribution in [0.2, 0.25) is 0 Å². The van der Waals surface area contributed by atoms with Crippen LogP contribution in [-0.2, 0) is 9.47 Å². The number of amides is 1. The van der Waals surface area contributed by atoms with E-state index < -0.39 is 23.3 Å². The lowest BCUT2D eigenvalue weighted by Crippen LogP contribution is -2.27. The quantitative estimate of drug-likeness (QED) is 0.722. The maximum atomic E-state index is 12.2. The molecule has 1 rings (SSSR count). The first-order valence-corrected chi connectivity index (χ1v) is 8.12. The van der Waals surface area contributed by atoms with Crippen molar-refractivity contribution in [1.29, 1.82) is 0 Å². The molecule has 0 aliphatic carbocycles. The van der Waals surface area contributed by atoms with Crippen molar-refractivity contribution in [3.05, 3.63) is 27.7 Å². The van der Waals surface area contributed by atoms with Crippen molar-refractivity contribution in [3.63, 3.8) is 0 Å². The molecule has 128 valence electrons. The van der Waals surface area contributed by atoms with Crippen LogP contribution in [0, 0.1) is 6.92 Å². The zero-order valence-corrected chi connectivity index (χ0v) is 16.3. The predicted molar refractivity (Wildman–Crippen MR) is 93.9 cm³/mol. The number of hydrogen-bond donors (Lipinski definition) is 1. The maximum absolute atomic E-state index is 12.2. The maximum Gasteiger partial charge on any atom is 0.412 e. The van der Waals surface area contributed by atoms with Crippen LogP contribution in [0.3, 0.4) is 0 Å². The summed E-state index contributed by atoms with van der Waals surface area (Å²) >= 11 is 3.41. The second kappa shape index (κ2) is 6.91. The average molecular weight is 386 g/mol. The Labute approximate surface area is 145 Å². The number of halogens is 1. The zero-order chi connectivity index (χ0) is 18.0. The van der Waals surface area contributed by atoms with Gasteiger partial charge in [0, 0.05) is 4.47 Å². The fraction of sp³-hybridized carbons (Fsp3) is 0.529. The van der Waals surface area contributed by atoms with Gasteiger partial charge in [-0.05, 0) is 82.1 Å². The van der Waals surface area contributed by atoms with Crippen molar-refractivity contribution in [2.45, 2.75) is 59.7 Å². The van der Waals surface area contributed by atoms with E-state index in [0.717, 1.165) is 0 Å². The molecule has 0 unspecified atom stereocenters. The predicted octanol–water partition coefficient (Wildman–Crippen LogP) is 5.06. The van der Waals surface area contributed by atoms with E-state index in [2.05, 4.69) is 21.2 Å². The lowest BCUT2D eigenvalue weighted by Gasteiger charge is -2.22. The van der Waals surface area contributed by atoms with E-state index in [9.17, 15) is 9.59 Å². The molecule has 5 nitrogen and oxygen atoms in total. The Morgan fingerprint density at radius 3 is 2.00 bits per heavy atom. The molecule has 0 radical (unpaired) electrons. The summed E-state index contributed by atoms with van der Waals surface area (Å²) in [5, 5.41) is 2.66. The fourth-order valence-electron chi connectivity index (χ4n) is 1.75. The number of nitrogens with one attached hydrogen (secondary N) is 1. The summed E-state index contributed by atoms with van der Waals surface area (Å²) in [7, 11) is 0. The van der Waals surface area contributed by atoms with E-state index >= 15 is 0 Å². The molecule has 0 aliphatic heterocycles. The first-order chi connectivity index (χ1) is 10.3. The van der Waals surface area contributed by atoms with Gasteiger partial charge in [0.05, 0.1) is 11.3 Å². The van der Waals surface area contributed by atoms with Gasteiger partial charge in [0.25, 0.3) is 0 Å². The molecule has 1 aromatic rings. The zero-order valence-electron chi connectivity index (χ0n) is 14.7. The van der Waals surface area contributed by atoms with Crippen LogP contribution in [0.5, 0.6) is 0 Å². The Morgan fingerprint density at radius 2 is 1.52 bits per heavy atom. The molecule has 23 heavy (non-hydrogen) atoms. The van der Waals surface area contributed by atoms with E-state index in [1.165, 1.54) is 0 Å². The standard InChI is InChI=1S/C17H24BrNO4/c1-10-11(14(20)22-16(2,3)4)8-9-12(13(10)18)19-15(21)23-17(5,6)7/h8-9H,1-7H3,(H,19,21). The van der Waals surface area contributed by atoms with Crippen LogP contribution < -0.4 is 5.32 Å². The van der Waals surface area contributed by atoms with Crippen LogP contribution in [0.1, 0.15) is 57.5 Å². The van der Waals surface area contributed by atoms with Gasteiger partial charge < -0.3 is 9.47 Å². The SMILES string of the molecule is Cc1c(C(=O)OC(C)(C)C)ccc(NC(=O)OC(C)(C)C)c1Br. The lowest BCUT2D eigenvalue weighted by atomic mass is 10.1. The van der Waals surface area contributed by atoms with E-state index in [-0.39, 0.29) is 0 Å². The third kappa shape index (κ3) is 6.22. The van der Waals surface area contributed by atoms with Crippen molar-refractivity contribution >= 4 is 33.7 Å². The smallest absolute Gasteiger partial charge is 0.412 e. The fourth-order valence-corrected chi connectivity index (χ4v) is 2.19. The van der Waals surface area contributed by atoms with Gasteiger partial charge in [-0.1, -0.05) is 0 Å². The van der Waals surface area contributed by atoms with Gasteiger partial charge in [-0.15, -0.1) is 0 Å².